The van der Waals surface area contributed by atoms with Gasteiger partial charge in [0.05, 0.1) is 0 Å². The Morgan fingerprint density at radius 2 is 2.05 bits per heavy atom. The average Bonchev–Trinajstić information content (AvgIpc) is 2.85. The highest BCUT2D eigenvalue weighted by molar-refractivity contribution is 5.88. The van der Waals surface area contributed by atoms with E-state index < -0.39 is 5.97 Å². The zero-order chi connectivity index (χ0) is 14.3. The predicted molar refractivity (Wildman–Crippen MR) is 74.9 cm³/mol. The van der Waals surface area contributed by atoms with Gasteiger partial charge in [0.15, 0.2) is 5.69 Å². The van der Waals surface area contributed by atoms with Crippen LogP contribution in [0.2, 0.25) is 0 Å². The number of imidazole rings is 1. The van der Waals surface area contributed by atoms with E-state index >= 15 is 0 Å². The molecular formula is C15H13N3O2. The number of hydrogen-bond acceptors (Lipinski definition) is 3. The zero-order valence-electron chi connectivity index (χ0n) is 11.2. The summed E-state index contributed by atoms with van der Waals surface area (Å²) in [5.41, 5.74) is 4.71. The van der Waals surface area contributed by atoms with E-state index in [1.807, 2.05) is 26.0 Å². The summed E-state index contributed by atoms with van der Waals surface area (Å²) >= 11 is 0. The lowest BCUT2D eigenvalue weighted by Gasteiger charge is -2.08. The third-order valence-electron chi connectivity index (χ3n) is 3.27. The minimum absolute atomic E-state index is 0.0181. The number of aromatic carboxylic acids is 1. The lowest BCUT2D eigenvalue weighted by atomic mass is 10.0. The van der Waals surface area contributed by atoms with Crippen molar-refractivity contribution >= 4 is 11.6 Å². The Labute approximate surface area is 115 Å². The number of aryl methyl sites for hydroxylation is 2. The first-order valence-electron chi connectivity index (χ1n) is 6.20. The quantitative estimate of drug-likeness (QED) is 0.775. The fraction of sp³-hybridized carbons (Fsp3) is 0.133. The van der Waals surface area contributed by atoms with Crippen molar-refractivity contribution in [3.05, 3.63) is 53.7 Å². The highest BCUT2D eigenvalue weighted by Gasteiger charge is 2.14. The van der Waals surface area contributed by atoms with Gasteiger partial charge in [-0.2, -0.15) is 0 Å². The van der Waals surface area contributed by atoms with Crippen molar-refractivity contribution < 1.29 is 9.90 Å². The molecule has 20 heavy (non-hydrogen) atoms. The molecule has 0 unspecified atom stereocenters. The van der Waals surface area contributed by atoms with Crippen LogP contribution in [-0.2, 0) is 0 Å². The van der Waals surface area contributed by atoms with Crippen LogP contribution in [0.3, 0.4) is 0 Å². The molecular weight excluding hydrogens is 254 g/mol. The van der Waals surface area contributed by atoms with Crippen molar-refractivity contribution in [3.63, 3.8) is 0 Å². The fourth-order valence-electron chi connectivity index (χ4n) is 2.24. The molecule has 0 aliphatic rings. The van der Waals surface area contributed by atoms with Gasteiger partial charge in [-0.05, 0) is 25.0 Å². The van der Waals surface area contributed by atoms with Crippen LogP contribution in [-0.4, -0.2) is 25.4 Å². The van der Waals surface area contributed by atoms with E-state index in [-0.39, 0.29) is 5.69 Å². The smallest absolute Gasteiger partial charge is 0.356 e. The highest BCUT2D eigenvalue weighted by atomic mass is 16.4. The van der Waals surface area contributed by atoms with Gasteiger partial charge in [0.25, 0.3) is 0 Å². The number of rotatable bonds is 2. The van der Waals surface area contributed by atoms with Gasteiger partial charge in [-0.3, -0.25) is 4.40 Å². The Bertz CT molecular complexity index is 821. The Morgan fingerprint density at radius 3 is 2.80 bits per heavy atom. The minimum Gasteiger partial charge on any atom is -0.476 e. The lowest BCUT2D eigenvalue weighted by Crippen LogP contribution is -1.95. The number of hydrogen-bond donors (Lipinski definition) is 1. The molecule has 100 valence electrons. The van der Waals surface area contributed by atoms with Crippen molar-refractivity contribution in [1.82, 2.24) is 14.4 Å². The molecule has 0 amide bonds. The van der Waals surface area contributed by atoms with Gasteiger partial charge in [0.1, 0.15) is 12.0 Å². The molecule has 2 heterocycles. The normalized spacial score (nSPS) is 10.9. The SMILES string of the molecule is Cc1ccc(C)c(-c2cncn3cc(C(=O)O)nc23)c1. The predicted octanol–water partition coefficient (Wildman–Crippen LogP) is 2.71. The first kappa shape index (κ1) is 12.3. The van der Waals surface area contributed by atoms with Crippen LogP contribution in [0, 0.1) is 13.8 Å². The van der Waals surface area contributed by atoms with Crippen LogP contribution < -0.4 is 0 Å². The van der Waals surface area contributed by atoms with Gasteiger partial charge >= 0.3 is 5.97 Å². The molecule has 3 rings (SSSR count). The Hall–Kier alpha value is -2.69. The summed E-state index contributed by atoms with van der Waals surface area (Å²) < 4.78 is 1.64. The molecule has 0 aliphatic carbocycles. The van der Waals surface area contributed by atoms with E-state index in [0.717, 1.165) is 22.3 Å². The van der Waals surface area contributed by atoms with Crippen LogP contribution in [0.25, 0.3) is 16.8 Å². The van der Waals surface area contributed by atoms with Gasteiger partial charge in [0.2, 0.25) is 0 Å². The maximum absolute atomic E-state index is 11.0. The first-order chi connectivity index (χ1) is 9.56. The van der Waals surface area contributed by atoms with Crippen LogP contribution >= 0.6 is 0 Å². The van der Waals surface area contributed by atoms with E-state index in [4.69, 9.17) is 5.11 Å². The second-order valence-electron chi connectivity index (χ2n) is 4.79. The molecule has 5 nitrogen and oxygen atoms in total. The van der Waals surface area contributed by atoms with Gasteiger partial charge in [0, 0.05) is 18.0 Å². The number of carboxylic acids is 1. The topological polar surface area (TPSA) is 67.5 Å². The summed E-state index contributed by atoms with van der Waals surface area (Å²) in [7, 11) is 0. The third-order valence-corrected chi connectivity index (χ3v) is 3.27. The molecule has 1 N–H and O–H groups in total. The Kier molecular flexibility index (Phi) is 2.75. The number of carboxylic acid groups (broad SMARTS) is 1. The number of carbonyl (C=O) groups is 1. The molecule has 0 saturated heterocycles. The largest absolute Gasteiger partial charge is 0.476 e. The third kappa shape index (κ3) is 1.93. The molecule has 5 heteroatoms. The fourth-order valence-corrected chi connectivity index (χ4v) is 2.24. The highest BCUT2D eigenvalue weighted by Crippen LogP contribution is 2.27. The van der Waals surface area contributed by atoms with Crippen LogP contribution in [0.1, 0.15) is 21.6 Å². The second kappa shape index (κ2) is 4.45. The molecule has 1 aromatic carbocycles. The molecule has 0 fully saturated rings. The number of aromatic nitrogens is 3. The van der Waals surface area contributed by atoms with Gasteiger partial charge < -0.3 is 5.11 Å². The van der Waals surface area contributed by atoms with Gasteiger partial charge in [-0.25, -0.2) is 14.8 Å². The number of benzene rings is 1. The summed E-state index contributed by atoms with van der Waals surface area (Å²) in [6.45, 7) is 4.03. The van der Waals surface area contributed by atoms with Crippen molar-refractivity contribution in [2.75, 3.05) is 0 Å². The lowest BCUT2D eigenvalue weighted by molar-refractivity contribution is 0.0691. The summed E-state index contributed by atoms with van der Waals surface area (Å²) in [4.78, 5) is 19.4. The minimum atomic E-state index is -1.04. The van der Waals surface area contributed by atoms with E-state index in [1.54, 1.807) is 16.9 Å². The number of nitrogens with zero attached hydrogens (tertiary/aromatic N) is 3. The summed E-state index contributed by atoms with van der Waals surface area (Å²) in [5, 5.41) is 9.05. The van der Waals surface area contributed by atoms with Crippen LogP contribution in [0.5, 0.6) is 0 Å². The van der Waals surface area contributed by atoms with Crippen molar-refractivity contribution in [3.8, 4) is 11.1 Å². The molecule has 0 bridgehead atoms. The van der Waals surface area contributed by atoms with E-state index in [1.165, 1.54) is 6.20 Å². The molecule has 3 aromatic rings. The van der Waals surface area contributed by atoms with Gasteiger partial charge in [-0.1, -0.05) is 23.8 Å². The summed E-state index contributed by atoms with van der Waals surface area (Å²) in [6.07, 6.45) is 4.75. The average molecular weight is 267 g/mol. The first-order valence-corrected chi connectivity index (χ1v) is 6.20. The summed E-state index contributed by atoms with van der Waals surface area (Å²) in [5.74, 6) is -1.04. The molecule has 0 atom stereocenters. The second-order valence-corrected chi connectivity index (χ2v) is 4.79. The Morgan fingerprint density at radius 1 is 1.25 bits per heavy atom. The molecule has 0 radical (unpaired) electrons. The van der Waals surface area contributed by atoms with Crippen molar-refractivity contribution in [2.24, 2.45) is 0 Å². The standard InChI is InChI=1S/C15H13N3O2/c1-9-3-4-10(2)11(5-9)12-6-16-8-18-7-13(15(19)20)17-14(12)18/h3-8H,1-2H3,(H,19,20). The molecule has 0 spiro atoms. The maximum Gasteiger partial charge on any atom is 0.356 e. The molecule has 0 saturated carbocycles. The van der Waals surface area contributed by atoms with Crippen molar-refractivity contribution in [2.45, 2.75) is 13.8 Å². The molecule has 0 aliphatic heterocycles. The summed E-state index contributed by atoms with van der Waals surface area (Å²) in [6, 6.07) is 6.14. The van der Waals surface area contributed by atoms with E-state index in [9.17, 15) is 4.79 Å². The molecule has 2 aromatic heterocycles. The van der Waals surface area contributed by atoms with E-state index in [0.29, 0.717) is 5.65 Å². The number of fused-ring (bicyclic) bond motifs is 1. The Balaban J connectivity index is 2.30. The van der Waals surface area contributed by atoms with E-state index in [2.05, 4.69) is 16.0 Å². The van der Waals surface area contributed by atoms with Crippen LogP contribution in [0.4, 0.5) is 0 Å². The van der Waals surface area contributed by atoms with Crippen LogP contribution in [0.15, 0.2) is 36.9 Å². The zero-order valence-corrected chi connectivity index (χ0v) is 11.2. The monoisotopic (exact) mass is 267 g/mol. The van der Waals surface area contributed by atoms with Gasteiger partial charge in [-0.15, -0.1) is 0 Å². The van der Waals surface area contributed by atoms with Crippen molar-refractivity contribution in [1.29, 1.82) is 0 Å². The maximum atomic E-state index is 11.0.